The highest BCUT2D eigenvalue weighted by Gasteiger charge is 2.44. The third kappa shape index (κ3) is 4.08. The number of amides is 4. The lowest BCUT2D eigenvalue weighted by molar-refractivity contribution is -0.136. The topological polar surface area (TPSA) is 70.2 Å². The highest BCUT2D eigenvalue weighted by molar-refractivity contribution is 6.15. The van der Waals surface area contributed by atoms with Crippen LogP contribution < -0.4 is 9.64 Å². The molecule has 0 spiro atoms. The second-order valence-corrected chi connectivity index (χ2v) is 7.15. The Kier molecular flexibility index (Phi) is 5.87. The summed E-state index contributed by atoms with van der Waals surface area (Å²) in [4.78, 5) is 42.2. The minimum Gasteiger partial charge on any atom is -0.496 e. The quantitative estimate of drug-likeness (QED) is 0.706. The van der Waals surface area contributed by atoms with E-state index in [1.807, 2.05) is 43.3 Å². The number of anilines is 1. The molecule has 4 amide bonds. The van der Waals surface area contributed by atoms with Gasteiger partial charge in [-0.2, -0.15) is 0 Å². The van der Waals surface area contributed by atoms with Crippen LogP contribution in [0.4, 0.5) is 10.5 Å². The minimum absolute atomic E-state index is 0.296. The number of likely N-dealkylation sites (N-methyl/N-ethyl adjacent to an activating group) is 1. The third-order valence-corrected chi connectivity index (χ3v) is 5.08. The summed E-state index contributed by atoms with van der Waals surface area (Å²) >= 11 is 0. The fourth-order valence-electron chi connectivity index (χ4n) is 3.34. The van der Waals surface area contributed by atoms with Gasteiger partial charge >= 0.3 is 6.03 Å². The van der Waals surface area contributed by atoms with Crippen molar-refractivity contribution in [2.24, 2.45) is 0 Å². The van der Waals surface area contributed by atoms with Gasteiger partial charge in [-0.15, -0.1) is 0 Å². The number of methoxy groups -OCH3 is 1. The van der Waals surface area contributed by atoms with Crippen molar-refractivity contribution in [3.05, 3.63) is 59.7 Å². The lowest BCUT2D eigenvalue weighted by Crippen LogP contribution is -2.42. The van der Waals surface area contributed by atoms with Gasteiger partial charge in [0.2, 0.25) is 5.91 Å². The van der Waals surface area contributed by atoms with Crippen LogP contribution in [0.25, 0.3) is 0 Å². The van der Waals surface area contributed by atoms with Gasteiger partial charge in [-0.25, -0.2) is 4.79 Å². The Labute approximate surface area is 170 Å². The number of aryl methyl sites for hydroxylation is 1. The first-order chi connectivity index (χ1) is 13.8. The van der Waals surface area contributed by atoms with E-state index in [4.69, 9.17) is 4.74 Å². The maximum Gasteiger partial charge on any atom is 0.332 e. The Morgan fingerprint density at radius 1 is 1.10 bits per heavy atom. The predicted molar refractivity (Wildman–Crippen MR) is 110 cm³/mol. The molecule has 0 radical (unpaired) electrons. The predicted octanol–water partition coefficient (Wildman–Crippen LogP) is 2.82. The van der Waals surface area contributed by atoms with Gasteiger partial charge in [-0.3, -0.25) is 19.4 Å². The van der Waals surface area contributed by atoms with Gasteiger partial charge in [0.05, 0.1) is 7.11 Å². The molecule has 1 saturated heterocycles. The lowest BCUT2D eigenvalue weighted by atomic mass is 10.2. The highest BCUT2D eigenvalue weighted by atomic mass is 16.5. The van der Waals surface area contributed by atoms with Gasteiger partial charge in [0.25, 0.3) is 5.91 Å². The lowest BCUT2D eigenvalue weighted by Gasteiger charge is -2.22. The molecule has 0 saturated carbocycles. The van der Waals surface area contributed by atoms with Crippen molar-refractivity contribution in [3.8, 4) is 5.75 Å². The van der Waals surface area contributed by atoms with E-state index < -0.39 is 12.1 Å². The van der Waals surface area contributed by atoms with Crippen molar-refractivity contribution in [1.82, 2.24) is 9.80 Å². The standard InChI is InChI=1S/C22H25N3O4/c1-15-9-11-18(12-10-15)25-16(2)21(27)24(22(25)28)14-20(26)23(3)13-17-7-5-6-8-19(17)29-4/h5-12,16H,13-14H2,1-4H3/t16-/m0/s1. The number of hydrogen-bond acceptors (Lipinski definition) is 4. The zero-order valence-corrected chi connectivity index (χ0v) is 17.1. The van der Waals surface area contributed by atoms with Crippen LogP contribution >= 0.6 is 0 Å². The maximum absolute atomic E-state index is 12.9. The van der Waals surface area contributed by atoms with Crippen molar-refractivity contribution in [2.75, 3.05) is 25.6 Å². The molecule has 0 aromatic heterocycles. The van der Waals surface area contributed by atoms with Crippen molar-refractivity contribution >= 4 is 23.5 Å². The molecule has 0 N–H and O–H groups in total. The van der Waals surface area contributed by atoms with Crippen LogP contribution in [0.5, 0.6) is 5.75 Å². The first-order valence-corrected chi connectivity index (χ1v) is 9.40. The van der Waals surface area contributed by atoms with Crippen molar-refractivity contribution in [1.29, 1.82) is 0 Å². The normalized spacial score (nSPS) is 16.3. The zero-order valence-electron chi connectivity index (χ0n) is 17.1. The number of ether oxygens (including phenoxy) is 1. The molecule has 0 unspecified atom stereocenters. The Hall–Kier alpha value is -3.35. The number of nitrogens with zero attached hydrogens (tertiary/aromatic N) is 3. The maximum atomic E-state index is 12.9. The summed E-state index contributed by atoms with van der Waals surface area (Å²) in [6.45, 7) is 3.64. The molecule has 2 aromatic carbocycles. The number of urea groups is 1. The van der Waals surface area contributed by atoms with E-state index in [-0.39, 0.29) is 18.4 Å². The second kappa shape index (κ2) is 8.34. The molecule has 2 aromatic rings. The van der Waals surface area contributed by atoms with Crippen molar-refractivity contribution in [2.45, 2.75) is 26.4 Å². The number of carbonyl (C=O) groups excluding carboxylic acids is 3. The summed E-state index contributed by atoms with van der Waals surface area (Å²) < 4.78 is 5.32. The Morgan fingerprint density at radius 2 is 1.76 bits per heavy atom. The van der Waals surface area contributed by atoms with E-state index >= 15 is 0 Å². The van der Waals surface area contributed by atoms with Crippen LogP contribution in [-0.4, -0.2) is 54.4 Å². The molecule has 7 nitrogen and oxygen atoms in total. The molecule has 1 atom stereocenters. The van der Waals surface area contributed by atoms with Gasteiger partial charge < -0.3 is 9.64 Å². The Bertz CT molecular complexity index is 926. The molecule has 152 valence electrons. The molecular weight excluding hydrogens is 370 g/mol. The number of rotatable bonds is 6. The van der Waals surface area contributed by atoms with Gasteiger partial charge in [-0.1, -0.05) is 35.9 Å². The molecule has 1 heterocycles. The fourth-order valence-corrected chi connectivity index (χ4v) is 3.34. The Balaban J connectivity index is 1.71. The molecular formula is C22H25N3O4. The Morgan fingerprint density at radius 3 is 2.41 bits per heavy atom. The van der Waals surface area contributed by atoms with Crippen LogP contribution in [0.2, 0.25) is 0 Å². The van der Waals surface area contributed by atoms with E-state index in [0.717, 1.165) is 16.0 Å². The molecule has 1 aliphatic heterocycles. The average molecular weight is 395 g/mol. The highest BCUT2D eigenvalue weighted by Crippen LogP contribution is 2.26. The van der Waals surface area contributed by atoms with Gasteiger partial charge in [0.15, 0.2) is 0 Å². The van der Waals surface area contributed by atoms with Crippen molar-refractivity contribution < 1.29 is 19.1 Å². The van der Waals surface area contributed by atoms with E-state index in [1.54, 1.807) is 33.2 Å². The minimum atomic E-state index is -0.655. The van der Waals surface area contributed by atoms with E-state index in [2.05, 4.69) is 0 Å². The molecule has 29 heavy (non-hydrogen) atoms. The molecule has 3 rings (SSSR count). The SMILES string of the molecule is COc1ccccc1CN(C)C(=O)CN1C(=O)[C@H](C)N(c2ccc(C)cc2)C1=O. The molecule has 1 fully saturated rings. The summed E-state index contributed by atoms with van der Waals surface area (Å²) in [7, 11) is 3.21. The molecule has 0 aliphatic carbocycles. The fraction of sp³-hybridized carbons (Fsp3) is 0.318. The number of para-hydroxylation sites is 1. The summed E-state index contributed by atoms with van der Waals surface area (Å²) in [6.07, 6.45) is 0. The van der Waals surface area contributed by atoms with Crippen LogP contribution in [0.3, 0.4) is 0 Å². The van der Waals surface area contributed by atoms with E-state index in [1.165, 1.54) is 9.80 Å². The first kappa shape index (κ1) is 20.4. The molecule has 7 heteroatoms. The van der Waals surface area contributed by atoms with Crippen LogP contribution in [0.15, 0.2) is 48.5 Å². The van der Waals surface area contributed by atoms with Crippen molar-refractivity contribution in [3.63, 3.8) is 0 Å². The summed E-state index contributed by atoms with van der Waals surface area (Å²) in [5.74, 6) is -0.0233. The number of imide groups is 1. The second-order valence-electron chi connectivity index (χ2n) is 7.15. The first-order valence-electron chi connectivity index (χ1n) is 9.40. The summed E-state index contributed by atoms with van der Waals surface area (Å²) in [5.41, 5.74) is 2.54. The smallest absolute Gasteiger partial charge is 0.332 e. The van der Waals surface area contributed by atoms with Crippen LogP contribution in [-0.2, 0) is 16.1 Å². The van der Waals surface area contributed by atoms with Gasteiger partial charge in [0.1, 0.15) is 18.3 Å². The summed E-state index contributed by atoms with van der Waals surface area (Å²) in [5, 5.41) is 0. The third-order valence-electron chi connectivity index (χ3n) is 5.08. The van der Waals surface area contributed by atoms with Gasteiger partial charge in [0, 0.05) is 24.8 Å². The largest absolute Gasteiger partial charge is 0.496 e. The van der Waals surface area contributed by atoms with E-state index in [9.17, 15) is 14.4 Å². The monoisotopic (exact) mass is 395 g/mol. The average Bonchev–Trinajstić information content (AvgIpc) is 2.92. The zero-order chi connectivity index (χ0) is 21.1. The van der Waals surface area contributed by atoms with Crippen LogP contribution in [0.1, 0.15) is 18.1 Å². The van der Waals surface area contributed by atoms with Gasteiger partial charge in [-0.05, 0) is 32.0 Å². The molecule has 0 bridgehead atoms. The summed E-state index contributed by atoms with van der Waals surface area (Å²) in [6, 6.07) is 13.6. The number of benzene rings is 2. The number of carbonyl (C=O) groups is 3. The number of hydrogen-bond donors (Lipinski definition) is 0. The van der Waals surface area contributed by atoms with Crippen LogP contribution in [0, 0.1) is 6.92 Å². The molecule has 1 aliphatic rings. The van der Waals surface area contributed by atoms with E-state index in [0.29, 0.717) is 18.0 Å².